The van der Waals surface area contributed by atoms with E-state index in [0.29, 0.717) is 19.4 Å². The molecular formula is C48H80N2O2. The number of benzene rings is 2. The first-order chi connectivity index (χ1) is 25.5. The highest BCUT2D eigenvalue weighted by atomic mass is 16.2. The molecule has 0 saturated heterocycles. The predicted molar refractivity (Wildman–Crippen MR) is 226 cm³/mol. The number of hydrogen-bond donors (Lipinski definition) is 2. The summed E-state index contributed by atoms with van der Waals surface area (Å²) >= 11 is 0. The van der Waals surface area contributed by atoms with Gasteiger partial charge in [0.25, 0.3) is 0 Å². The Morgan fingerprint density at radius 2 is 0.904 bits per heavy atom. The van der Waals surface area contributed by atoms with Gasteiger partial charge in [-0.2, -0.15) is 0 Å². The summed E-state index contributed by atoms with van der Waals surface area (Å²) in [5.74, 6) is 0.337. The molecule has 0 aromatic heterocycles. The van der Waals surface area contributed by atoms with Crippen molar-refractivity contribution in [1.82, 2.24) is 10.6 Å². The molecule has 4 nitrogen and oxygen atoms in total. The summed E-state index contributed by atoms with van der Waals surface area (Å²) in [4.78, 5) is 25.0. The van der Waals surface area contributed by atoms with E-state index in [1.165, 1.54) is 158 Å². The quantitative estimate of drug-likeness (QED) is 0.0708. The molecule has 2 aromatic rings. The lowest BCUT2D eigenvalue weighted by atomic mass is 9.99. The van der Waals surface area contributed by atoms with E-state index in [-0.39, 0.29) is 17.9 Å². The minimum atomic E-state index is 0.107. The maximum atomic E-state index is 12.6. The topological polar surface area (TPSA) is 58.2 Å². The number of hydrogen-bond acceptors (Lipinski definition) is 2. The van der Waals surface area contributed by atoms with E-state index in [9.17, 15) is 9.59 Å². The Labute approximate surface area is 321 Å². The van der Waals surface area contributed by atoms with E-state index in [2.05, 4.69) is 79.9 Å². The Hall–Kier alpha value is -2.62. The molecule has 4 heteroatoms. The van der Waals surface area contributed by atoms with Crippen LogP contribution in [0.4, 0.5) is 0 Å². The molecule has 0 spiro atoms. The van der Waals surface area contributed by atoms with Crippen LogP contribution in [0.3, 0.4) is 0 Å². The fourth-order valence-corrected chi connectivity index (χ4v) is 7.34. The van der Waals surface area contributed by atoms with Gasteiger partial charge in [-0.15, -0.1) is 0 Å². The van der Waals surface area contributed by atoms with Crippen molar-refractivity contribution in [1.29, 1.82) is 0 Å². The zero-order valence-corrected chi connectivity index (χ0v) is 34.2. The first-order valence-electron chi connectivity index (χ1n) is 22.3. The van der Waals surface area contributed by atoms with Crippen molar-refractivity contribution >= 4 is 11.8 Å². The van der Waals surface area contributed by atoms with Crippen LogP contribution >= 0.6 is 0 Å². The van der Waals surface area contributed by atoms with Crippen molar-refractivity contribution in [2.45, 2.75) is 220 Å². The third-order valence-electron chi connectivity index (χ3n) is 10.7. The number of unbranched alkanes of at least 4 members (excludes halogenated alkanes) is 24. The predicted octanol–water partition coefficient (Wildman–Crippen LogP) is 14.0. The van der Waals surface area contributed by atoms with Crippen LogP contribution in [-0.2, 0) is 22.6 Å². The van der Waals surface area contributed by atoms with Gasteiger partial charge in [0.2, 0.25) is 11.8 Å². The fourth-order valence-electron chi connectivity index (χ4n) is 7.34. The van der Waals surface area contributed by atoms with Crippen LogP contribution in [-0.4, -0.2) is 17.9 Å². The maximum absolute atomic E-state index is 12.6. The van der Waals surface area contributed by atoms with Crippen LogP contribution in [0.2, 0.25) is 0 Å². The Balaban J connectivity index is 1.53. The summed E-state index contributed by atoms with van der Waals surface area (Å²) < 4.78 is 0. The lowest BCUT2D eigenvalue weighted by molar-refractivity contribution is -0.122. The Morgan fingerprint density at radius 3 is 1.37 bits per heavy atom. The Kier molecular flexibility index (Phi) is 27.9. The summed E-state index contributed by atoms with van der Waals surface area (Å²) in [7, 11) is 0. The van der Waals surface area contributed by atoms with E-state index >= 15 is 0 Å². The molecule has 0 saturated carbocycles. The second kappa shape index (κ2) is 31.9. The van der Waals surface area contributed by atoms with E-state index < -0.39 is 0 Å². The average molecular weight is 717 g/mol. The van der Waals surface area contributed by atoms with Crippen LogP contribution in [0, 0.1) is 0 Å². The van der Waals surface area contributed by atoms with Gasteiger partial charge in [0.05, 0.1) is 0 Å². The van der Waals surface area contributed by atoms with Gasteiger partial charge >= 0.3 is 0 Å². The molecule has 294 valence electrons. The van der Waals surface area contributed by atoms with Gasteiger partial charge in [-0.1, -0.05) is 216 Å². The molecule has 0 bridgehead atoms. The first kappa shape index (κ1) is 45.5. The lowest BCUT2D eigenvalue weighted by Crippen LogP contribution is -2.33. The molecule has 0 aliphatic carbocycles. The summed E-state index contributed by atoms with van der Waals surface area (Å²) in [6.45, 7) is 7.24. The highest BCUT2D eigenvalue weighted by Gasteiger charge is 2.10. The molecule has 0 heterocycles. The van der Waals surface area contributed by atoms with Crippen molar-refractivity contribution in [3.05, 3.63) is 59.7 Å². The second-order valence-electron chi connectivity index (χ2n) is 15.8. The summed E-state index contributed by atoms with van der Waals surface area (Å²) in [5, 5.41) is 6.33. The first-order valence-corrected chi connectivity index (χ1v) is 22.3. The highest BCUT2D eigenvalue weighted by Crippen LogP contribution is 2.22. The third-order valence-corrected chi connectivity index (χ3v) is 10.7. The smallest absolute Gasteiger partial charge is 0.220 e. The molecule has 0 aliphatic heterocycles. The largest absolute Gasteiger partial charge is 0.353 e. The standard InChI is InChI=1S/C48H80N2O2/c1-4-6-8-10-12-14-16-18-20-22-24-26-28-33-47(51)49-41-43-35-37-45(38-36-43)46-32-30-31-44(40-46)39-42(3)50-48(52)34-29-27-25-23-21-19-17-15-13-11-9-7-5-2/h30-32,35-38,40,42H,4-29,33-34,39,41H2,1-3H3,(H,49,51)(H,50,52)/t42-/m1/s1. The minimum absolute atomic E-state index is 0.107. The van der Waals surface area contributed by atoms with Crippen molar-refractivity contribution in [2.24, 2.45) is 0 Å². The lowest BCUT2D eigenvalue weighted by Gasteiger charge is -2.15. The Morgan fingerprint density at radius 1 is 0.481 bits per heavy atom. The van der Waals surface area contributed by atoms with Crippen molar-refractivity contribution < 1.29 is 9.59 Å². The normalized spacial score (nSPS) is 11.8. The highest BCUT2D eigenvalue weighted by molar-refractivity contribution is 5.76. The van der Waals surface area contributed by atoms with Crippen LogP contribution in [0.1, 0.15) is 212 Å². The number of nitrogens with one attached hydrogen (secondary N) is 2. The van der Waals surface area contributed by atoms with Crippen molar-refractivity contribution in [2.75, 3.05) is 0 Å². The van der Waals surface area contributed by atoms with Crippen LogP contribution < -0.4 is 10.6 Å². The molecule has 0 radical (unpaired) electrons. The number of carbonyl (C=O) groups excluding carboxylic acids is 2. The molecule has 2 rings (SSSR count). The van der Waals surface area contributed by atoms with E-state index in [1.807, 2.05) is 0 Å². The molecule has 2 aromatic carbocycles. The number of rotatable bonds is 34. The number of carbonyl (C=O) groups is 2. The van der Waals surface area contributed by atoms with Gasteiger partial charge in [0.15, 0.2) is 0 Å². The SMILES string of the molecule is CCCCCCCCCCCCCCCC(=O)NCc1ccc(-c2cccc(C[C@@H](C)NC(=O)CCCCCCCCCCCCCCC)c2)cc1. The van der Waals surface area contributed by atoms with Crippen LogP contribution in [0.5, 0.6) is 0 Å². The van der Waals surface area contributed by atoms with E-state index in [4.69, 9.17) is 0 Å². The zero-order chi connectivity index (χ0) is 37.3. The molecule has 52 heavy (non-hydrogen) atoms. The molecular weight excluding hydrogens is 637 g/mol. The summed E-state index contributed by atoms with van der Waals surface area (Å²) in [5.41, 5.74) is 4.71. The summed E-state index contributed by atoms with van der Waals surface area (Å²) in [6.07, 6.45) is 36.4. The van der Waals surface area contributed by atoms with E-state index in [1.54, 1.807) is 0 Å². The minimum Gasteiger partial charge on any atom is -0.353 e. The number of amides is 2. The van der Waals surface area contributed by atoms with Gasteiger partial charge in [0.1, 0.15) is 0 Å². The molecule has 0 fully saturated rings. The van der Waals surface area contributed by atoms with Gasteiger partial charge < -0.3 is 10.6 Å². The van der Waals surface area contributed by atoms with Crippen LogP contribution in [0.15, 0.2) is 48.5 Å². The third kappa shape index (κ3) is 24.6. The second-order valence-corrected chi connectivity index (χ2v) is 15.8. The van der Waals surface area contributed by atoms with Gasteiger partial charge in [-0.25, -0.2) is 0 Å². The van der Waals surface area contributed by atoms with Crippen LogP contribution in [0.25, 0.3) is 11.1 Å². The van der Waals surface area contributed by atoms with Crippen molar-refractivity contribution in [3.8, 4) is 11.1 Å². The molecule has 1 atom stereocenters. The Bertz CT molecular complexity index is 1140. The van der Waals surface area contributed by atoms with Gasteiger partial charge in [-0.05, 0) is 48.4 Å². The van der Waals surface area contributed by atoms with Gasteiger partial charge in [-0.3, -0.25) is 9.59 Å². The molecule has 2 amide bonds. The van der Waals surface area contributed by atoms with E-state index in [0.717, 1.165) is 37.7 Å². The monoisotopic (exact) mass is 717 g/mol. The molecule has 0 unspecified atom stereocenters. The average Bonchev–Trinajstić information content (AvgIpc) is 3.14. The molecule has 0 aliphatic rings. The van der Waals surface area contributed by atoms with Gasteiger partial charge in [0, 0.05) is 25.4 Å². The fraction of sp³-hybridized carbons (Fsp3) is 0.708. The zero-order valence-electron chi connectivity index (χ0n) is 34.2. The maximum Gasteiger partial charge on any atom is 0.220 e. The molecule has 2 N–H and O–H groups in total. The van der Waals surface area contributed by atoms with Crippen molar-refractivity contribution in [3.63, 3.8) is 0 Å². The summed E-state index contributed by atoms with van der Waals surface area (Å²) in [6, 6.07) is 17.3.